The van der Waals surface area contributed by atoms with Gasteiger partial charge in [0.15, 0.2) is 0 Å². The summed E-state index contributed by atoms with van der Waals surface area (Å²) in [5, 5.41) is 0. The third-order valence-corrected chi connectivity index (χ3v) is 6.33. The summed E-state index contributed by atoms with van der Waals surface area (Å²) in [6.45, 7) is 3.77. The van der Waals surface area contributed by atoms with Crippen LogP contribution in [0.3, 0.4) is 0 Å². The van der Waals surface area contributed by atoms with Crippen molar-refractivity contribution in [2.45, 2.75) is 26.1 Å². The van der Waals surface area contributed by atoms with Crippen molar-refractivity contribution < 1.29 is 24.2 Å². The van der Waals surface area contributed by atoms with Gasteiger partial charge in [-0.3, -0.25) is 0 Å². The first-order chi connectivity index (χ1) is 20.7. The Hall–Kier alpha value is -4.17. The van der Waals surface area contributed by atoms with Crippen LogP contribution in [-0.2, 0) is 26.5 Å². The number of rotatable bonds is 6. The Morgan fingerprint density at radius 1 is 0.634 bits per heavy atom. The van der Waals surface area contributed by atoms with Crippen LogP contribution in [0.4, 0.5) is 0 Å². The Labute approximate surface area is 261 Å². The first-order valence-corrected chi connectivity index (χ1v) is 13.2. The Morgan fingerprint density at radius 2 is 1.29 bits per heavy atom. The molecule has 0 fully saturated rings. The molecule has 6 rings (SSSR count). The summed E-state index contributed by atoms with van der Waals surface area (Å²) in [6, 6.07) is 46.8. The summed E-state index contributed by atoms with van der Waals surface area (Å²) in [6.07, 6.45) is 1.95. The van der Waals surface area contributed by atoms with E-state index >= 15 is 0 Å². The normalized spacial score (nSPS) is 12.0. The van der Waals surface area contributed by atoms with Crippen LogP contribution in [-0.4, -0.2) is 9.97 Å². The molecule has 0 atom stereocenters. The number of pyridine rings is 2. The molecule has 2 heterocycles. The van der Waals surface area contributed by atoms with Crippen LogP contribution in [0.1, 0.15) is 40.5 Å². The second-order valence-corrected chi connectivity index (χ2v) is 9.48. The van der Waals surface area contributed by atoms with Crippen LogP contribution >= 0.6 is 0 Å². The zero-order valence-electron chi connectivity index (χ0n) is 26.0. The van der Waals surface area contributed by atoms with Gasteiger partial charge in [0.05, 0.1) is 0 Å². The van der Waals surface area contributed by atoms with Crippen LogP contribution < -0.4 is 0 Å². The number of nitrogens with zero attached hydrogens (tertiary/aromatic N) is 2. The summed E-state index contributed by atoms with van der Waals surface area (Å²) < 4.78 is 25.0. The molecule has 4 aromatic carbocycles. The monoisotopic (exact) mass is 712 g/mol. The van der Waals surface area contributed by atoms with Crippen molar-refractivity contribution in [2.24, 2.45) is 0 Å². The fraction of sp³-hybridized carbons (Fsp3) is 0.105. The quantitative estimate of drug-likeness (QED) is 0.161. The predicted octanol–water partition coefficient (Wildman–Crippen LogP) is 9.48. The van der Waals surface area contributed by atoms with Gasteiger partial charge >= 0.3 is 0 Å². The molecule has 6 aromatic rings. The molecular weight excluding hydrogens is 677 g/mol. The van der Waals surface area contributed by atoms with Crippen molar-refractivity contribution in [1.29, 1.82) is 0 Å². The summed E-state index contributed by atoms with van der Waals surface area (Å²) in [5.41, 5.74) is 7.92. The predicted molar refractivity (Wildman–Crippen MR) is 166 cm³/mol. The summed E-state index contributed by atoms with van der Waals surface area (Å²) in [4.78, 5) is 8.73. The van der Waals surface area contributed by atoms with E-state index in [-0.39, 0.29) is 20.1 Å². The van der Waals surface area contributed by atoms with Crippen LogP contribution in [0, 0.1) is 12.1 Å². The number of benzene rings is 4. The van der Waals surface area contributed by atoms with Crippen molar-refractivity contribution >= 4 is 0 Å². The van der Waals surface area contributed by atoms with Crippen LogP contribution in [0.15, 0.2) is 140 Å². The number of hydrogen-bond donors (Lipinski definition) is 0. The van der Waals surface area contributed by atoms with E-state index in [1.165, 1.54) is 5.56 Å². The Bertz CT molecular complexity index is 1770. The molecule has 0 bridgehead atoms. The van der Waals surface area contributed by atoms with Crippen LogP contribution in [0.5, 0.6) is 0 Å². The molecule has 3 heteroatoms. The molecule has 205 valence electrons. The van der Waals surface area contributed by atoms with E-state index in [1.54, 1.807) is 36.7 Å². The van der Waals surface area contributed by atoms with E-state index in [0.717, 1.165) is 33.6 Å². The van der Waals surface area contributed by atoms with E-state index in [2.05, 4.69) is 46.4 Å². The van der Waals surface area contributed by atoms with Crippen LogP contribution in [0.25, 0.3) is 33.6 Å². The molecule has 1 radical (unpaired) electrons. The largest absolute Gasteiger partial charge is 0.305 e. The third-order valence-electron chi connectivity index (χ3n) is 6.33. The number of hydrogen-bond acceptors (Lipinski definition) is 2. The second-order valence-electron chi connectivity index (χ2n) is 9.48. The van der Waals surface area contributed by atoms with Gasteiger partial charge < -0.3 is 9.97 Å². The van der Waals surface area contributed by atoms with Gasteiger partial charge in [-0.1, -0.05) is 98.3 Å². The molecule has 0 unspecified atom stereocenters. The topological polar surface area (TPSA) is 25.8 Å². The Morgan fingerprint density at radius 3 is 2.00 bits per heavy atom. The SMILES string of the molecule is [2H]C(C)(C)c1ccnc(-c2[c-]ccc(-c3ccccc3)c2)c1.[2H]C([2H])(c1ccccc1)c1cc[c-]c(-c2ccccn2)c1.[Ir]. The Kier molecular flexibility index (Phi) is 9.43. The molecular formula is C38H32IrN2-2. The smallest absolute Gasteiger partial charge is 0.0349 e. The van der Waals surface area contributed by atoms with Gasteiger partial charge in [-0.05, 0) is 46.9 Å². The fourth-order valence-corrected chi connectivity index (χ4v) is 4.22. The molecule has 0 aliphatic rings. The molecule has 0 saturated heterocycles. The molecule has 0 N–H and O–H groups in total. The van der Waals surface area contributed by atoms with Gasteiger partial charge in [0, 0.05) is 36.6 Å². The van der Waals surface area contributed by atoms with Gasteiger partial charge in [0.1, 0.15) is 0 Å². The average molecular weight is 712 g/mol. The van der Waals surface area contributed by atoms with Gasteiger partial charge in [-0.25, -0.2) is 0 Å². The van der Waals surface area contributed by atoms with E-state index in [4.69, 9.17) is 4.11 Å². The summed E-state index contributed by atoms with van der Waals surface area (Å²) in [7, 11) is 0. The minimum absolute atomic E-state index is 0. The second kappa shape index (κ2) is 15.0. The summed E-state index contributed by atoms with van der Waals surface area (Å²) >= 11 is 0. The minimum atomic E-state index is -1.54. The van der Waals surface area contributed by atoms with Gasteiger partial charge in [0.25, 0.3) is 0 Å². The molecule has 0 spiro atoms. The maximum Gasteiger partial charge on any atom is 0.0349 e. The van der Waals surface area contributed by atoms with Crippen LogP contribution in [0.2, 0.25) is 0 Å². The van der Waals surface area contributed by atoms with E-state index in [0.29, 0.717) is 11.1 Å². The maximum atomic E-state index is 8.40. The first-order valence-electron chi connectivity index (χ1n) is 14.7. The Balaban J connectivity index is 0.000000197. The van der Waals surface area contributed by atoms with Crippen molar-refractivity contribution in [3.63, 3.8) is 0 Å². The number of aromatic nitrogens is 2. The van der Waals surface area contributed by atoms with Gasteiger partial charge in [0.2, 0.25) is 0 Å². The van der Waals surface area contributed by atoms with Crippen molar-refractivity contribution in [3.8, 4) is 33.6 Å². The fourth-order valence-electron chi connectivity index (χ4n) is 4.22. The summed E-state index contributed by atoms with van der Waals surface area (Å²) in [5.74, 6) is -0.630. The van der Waals surface area contributed by atoms with Crippen molar-refractivity contribution in [3.05, 3.63) is 169 Å². The average Bonchev–Trinajstić information content (AvgIpc) is 3.06. The van der Waals surface area contributed by atoms with Crippen molar-refractivity contribution in [2.75, 3.05) is 0 Å². The molecule has 0 amide bonds. The maximum absolute atomic E-state index is 8.40. The molecule has 0 aliphatic carbocycles. The molecule has 0 aliphatic heterocycles. The zero-order chi connectivity index (χ0) is 30.3. The van der Waals surface area contributed by atoms with Gasteiger partial charge in [-0.15, -0.1) is 70.8 Å². The standard InChI is InChI=1S/C20H18N.C18H14N.Ir/c1-15(2)17-11-12-21-20(14-17)19-10-6-9-18(13-19)16-7-4-3-5-8-16;1-2-7-15(8-3-1)13-16-9-6-10-17(14-16)18-11-4-5-12-19-18;/h3-9,11-15H,1-2H3;1-9,11-12,14H,13H2;/q2*-1;/i15D;13D2;. The van der Waals surface area contributed by atoms with Gasteiger partial charge in [-0.2, -0.15) is 0 Å². The van der Waals surface area contributed by atoms with E-state index < -0.39 is 12.3 Å². The third kappa shape index (κ3) is 8.41. The molecule has 2 nitrogen and oxygen atoms in total. The van der Waals surface area contributed by atoms with E-state index in [9.17, 15) is 0 Å². The van der Waals surface area contributed by atoms with E-state index in [1.807, 2.05) is 92.7 Å². The zero-order valence-corrected chi connectivity index (χ0v) is 25.4. The molecule has 0 saturated carbocycles. The minimum Gasteiger partial charge on any atom is -0.305 e. The molecule has 41 heavy (non-hydrogen) atoms. The molecule has 2 aromatic heterocycles. The van der Waals surface area contributed by atoms with Crippen molar-refractivity contribution in [1.82, 2.24) is 9.97 Å². The first kappa shape index (κ1) is 25.8.